The molecule has 0 spiro atoms. The second-order valence-electron chi connectivity index (χ2n) is 6.65. The van der Waals surface area contributed by atoms with E-state index in [1.807, 2.05) is 0 Å². The van der Waals surface area contributed by atoms with Crippen molar-refractivity contribution in [1.82, 2.24) is 19.2 Å². The molecule has 146 valence electrons. The first-order valence-corrected chi connectivity index (χ1v) is 9.33. The van der Waals surface area contributed by atoms with Crippen LogP contribution in [0.1, 0.15) is 39.9 Å². The molecule has 1 aliphatic carbocycles. The number of amides is 1. The Kier molecular flexibility index (Phi) is 4.61. The zero-order valence-electron chi connectivity index (χ0n) is 14.5. The van der Waals surface area contributed by atoms with Gasteiger partial charge < -0.3 is 9.80 Å². The van der Waals surface area contributed by atoms with Gasteiger partial charge in [0.15, 0.2) is 22.5 Å². The van der Waals surface area contributed by atoms with E-state index in [1.54, 1.807) is 0 Å². The van der Waals surface area contributed by atoms with Gasteiger partial charge in [-0.15, -0.1) is 0 Å². The monoisotopic (exact) mass is 408 g/mol. The van der Waals surface area contributed by atoms with Gasteiger partial charge in [-0.1, -0.05) is 0 Å². The van der Waals surface area contributed by atoms with Gasteiger partial charge in [0.25, 0.3) is 5.91 Å². The van der Waals surface area contributed by atoms with E-state index in [2.05, 4.69) is 9.36 Å². The lowest BCUT2D eigenvalue weighted by Crippen LogP contribution is -2.54. The molecule has 7 nitrogen and oxygen atoms in total. The number of nitrogens with one attached hydrogen (secondary N) is 2. The summed E-state index contributed by atoms with van der Waals surface area (Å²) in [6.45, 7) is 0.0390. The van der Waals surface area contributed by atoms with Crippen molar-refractivity contribution < 1.29 is 18.0 Å². The molecule has 1 aliphatic heterocycles. The normalized spacial score (nSPS) is 17.2. The number of benzene rings is 1. The molecule has 4 rings (SSSR count). The molecule has 1 amide bonds. The lowest BCUT2D eigenvalue weighted by molar-refractivity contribution is 0.0752. The molecule has 2 aliphatic rings. The minimum Gasteiger partial charge on any atom is -0.329 e. The molecule has 1 aromatic heterocycles. The average Bonchev–Trinajstić information content (AvgIpc) is 3.40. The Labute approximate surface area is 162 Å². The van der Waals surface area contributed by atoms with E-state index in [0.717, 1.165) is 35.1 Å². The van der Waals surface area contributed by atoms with Gasteiger partial charge in [0.2, 0.25) is 0 Å². The summed E-state index contributed by atoms with van der Waals surface area (Å²) in [4.78, 5) is 19.4. The van der Waals surface area contributed by atoms with Gasteiger partial charge in [0, 0.05) is 25.1 Å². The number of hydrogen-bond donors (Lipinski definition) is 2. The predicted octanol–water partition coefficient (Wildman–Crippen LogP) is 2.59. The van der Waals surface area contributed by atoms with Crippen molar-refractivity contribution in [3.63, 3.8) is 0 Å². The lowest BCUT2D eigenvalue weighted by Gasteiger charge is -2.35. The number of rotatable bonds is 3. The fraction of sp³-hybridized carbons (Fsp3) is 0.353. The number of halogens is 3. The van der Waals surface area contributed by atoms with Gasteiger partial charge >= 0.3 is 0 Å². The second-order valence-corrected chi connectivity index (χ2v) is 7.40. The highest BCUT2D eigenvalue weighted by Crippen LogP contribution is 2.38. The van der Waals surface area contributed by atoms with Crippen LogP contribution in [-0.2, 0) is 0 Å². The topological polar surface area (TPSA) is 97.0 Å². The Morgan fingerprint density at radius 3 is 2.54 bits per heavy atom. The maximum atomic E-state index is 13.9. The zero-order chi connectivity index (χ0) is 20.0. The Bertz CT molecular complexity index is 989. The number of amidine groups is 2. The summed E-state index contributed by atoms with van der Waals surface area (Å²) < 4.78 is 44.6. The summed E-state index contributed by atoms with van der Waals surface area (Å²) in [7, 11) is 0. The highest BCUT2D eigenvalue weighted by atomic mass is 32.1. The maximum Gasteiger partial charge on any atom is 0.257 e. The highest BCUT2D eigenvalue weighted by Gasteiger charge is 2.32. The molecule has 0 bridgehead atoms. The first-order chi connectivity index (χ1) is 13.3. The molecule has 0 unspecified atom stereocenters. The van der Waals surface area contributed by atoms with Crippen LogP contribution in [0.3, 0.4) is 0 Å². The molecule has 2 heterocycles. The smallest absolute Gasteiger partial charge is 0.257 e. The van der Waals surface area contributed by atoms with Crippen LogP contribution in [0.5, 0.6) is 0 Å². The second kappa shape index (κ2) is 6.97. The third-order valence-corrected chi connectivity index (χ3v) is 5.38. The van der Waals surface area contributed by atoms with Crippen LogP contribution in [0.2, 0.25) is 0 Å². The third-order valence-electron chi connectivity index (χ3n) is 4.64. The molecule has 11 heteroatoms. The number of carbonyl (C=O) groups excluding carboxylic acids is 1. The summed E-state index contributed by atoms with van der Waals surface area (Å²) in [6, 6.07) is 0.846. The first kappa shape index (κ1) is 18.5. The highest BCUT2D eigenvalue weighted by molar-refractivity contribution is 7.07. The average molecular weight is 408 g/mol. The van der Waals surface area contributed by atoms with E-state index in [4.69, 9.17) is 10.8 Å². The molecule has 1 aromatic carbocycles. The van der Waals surface area contributed by atoms with Gasteiger partial charge in [0.05, 0.1) is 12.1 Å². The number of hydrogen-bond acceptors (Lipinski definition) is 6. The minimum atomic E-state index is -1.37. The van der Waals surface area contributed by atoms with Crippen molar-refractivity contribution >= 4 is 29.1 Å². The van der Waals surface area contributed by atoms with E-state index >= 15 is 0 Å². The number of nitrogens with zero attached hydrogens (tertiary/aromatic N) is 4. The molecular weight excluding hydrogens is 393 g/mol. The van der Waals surface area contributed by atoms with Crippen LogP contribution in [0.25, 0.3) is 0 Å². The third kappa shape index (κ3) is 3.37. The van der Waals surface area contributed by atoms with Crippen LogP contribution >= 0.6 is 11.5 Å². The van der Waals surface area contributed by atoms with E-state index < -0.39 is 28.9 Å². The Morgan fingerprint density at radius 1 is 1.14 bits per heavy atom. The fourth-order valence-corrected chi connectivity index (χ4v) is 3.63. The molecule has 1 saturated heterocycles. The van der Waals surface area contributed by atoms with Gasteiger partial charge in [0.1, 0.15) is 17.5 Å². The van der Waals surface area contributed by atoms with Crippen LogP contribution in [0.4, 0.5) is 13.2 Å². The van der Waals surface area contributed by atoms with E-state index in [-0.39, 0.29) is 31.3 Å². The van der Waals surface area contributed by atoms with Crippen LogP contribution in [0, 0.1) is 28.3 Å². The van der Waals surface area contributed by atoms with Crippen molar-refractivity contribution in [3.05, 3.63) is 46.0 Å². The summed E-state index contributed by atoms with van der Waals surface area (Å²) in [6.07, 6.45) is 2.08. The van der Waals surface area contributed by atoms with Gasteiger partial charge in [-0.25, -0.2) is 18.2 Å². The maximum absolute atomic E-state index is 13.9. The molecule has 2 aromatic rings. The number of aromatic nitrogens is 2. The predicted molar refractivity (Wildman–Crippen MR) is 95.4 cm³/mol. The van der Waals surface area contributed by atoms with Crippen molar-refractivity contribution in [2.24, 2.45) is 0 Å². The number of carbonyl (C=O) groups is 1. The molecule has 0 radical (unpaired) electrons. The zero-order valence-corrected chi connectivity index (χ0v) is 15.3. The van der Waals surface area contributed by atoms with Crippen molar-refractivity contribution in [2.75, 3.05) is 19.6 Å². The van der Waals surface area contributed by atoms with Gasteiger partial charge in [-0.3, -0.25) is 15.6 Å². The Morgan fingerprint density at radius 2 is 1.86 bits per heavy atom. The molecule has 1 saturated carbocycles. The molecule has 2 fully saturated rings. The largest absolute Gasteiger partial charge is 0.329 e. The van der Waals surface area contributed by atoms with Crippen molar-refractivity contribution in [3.8, 4) is 0 Å². The molecule has 28 heavy (non-hydrogen) atoms. The van der Waals surface area contributed by atoms with Gasteiger partial charge in [-0.2, -0.15) is 4.37 Å². The van der Waals surface area contributed by atoms with Crippen LogP contribution in [0.15, 0.2) is 12.1 Å². The Balaban J connectivity index is 1.46. The molecule has 2 N–H and O–H groups in total. The van der Waals surface area contributed by atoms with Crippen molar-refractivity contribution in [2.45, 2.75) is 18.8 Å². The van der Waals surface area contributed by atoms with Crippen molar-refractivity contribution in [1.29, 1.82) is 10.8 Å². The van der Waals surface area contributed by atoms with E-state index in [9.17, 15) is 18.0 Å². The molecule has 0 atom stereocenters. The quantitative estimate of drug-likeness (QED) is 0.464. The van der Waals surface area contributed by atoms with E-state index in [0.29, 0.717) is 23.1 Å². The molecular formula is C17H15F3N6OS. The standard InChI is InChI=1S/C17H15F3N6OS/c18-10-6-12(20)11(19)5-9(10)17(27)25-3-4-26(13(21)7-25)14(22)16-23-15(24-28-16)8-1-2-8/h5-6,8,21-22H,1-4,7H2. The minimum absolute atomic E-state index is 0.0282. The fourth-order valence-electron chi connectivity index (χ4n) is 2.93. The summed E-state index contributed by atoms with van der Waals surface area (Å²) >= 11 is 1.10. The summed E-state index contributed by atoms with van der Waals surface area (Å²) in [5, 5.41) is 16.9. The SMILES string of the molecule is N=C1CN(C(=O)c2cc(F)c(F)cc2F)CCN1C(=N)c1nc(C2CC2)ns1. The van der Waals surface area contributed by atoms with Gasteiger partial charge in [-0.05, 0) is 30.4 Å². The summed E-state index contributed by atoms with van der Waals surface area (Å²) in [5.74, 6) is -3.62. The van der Waals surface area contributed by atoms with Crippen LogP contribution in [-0.4, -0.2) is 56.4 Å². The van der Waals surface area contributed by atoms with E-state index in [1.165, 1.54) is 4.90 Å². The number of piperazine rings is 1. The first-order valence-electron chi connectivity index (χ1n) is 8.56. The lowest BCUT2D eigenvalue weighted by atomic mass is 10.1. The van der Waals surface area contributed by atoms with Crippen LogP contribution < -0.4 is 0 Å². The summed E-state index contributed by atoms with van der Waals surface area (Å²) in [5.41, 5.74) is -0.589. The Hall–Kier alpha value is -2.82.